The fraction of sp³-hybridized carbons (Fsp3) is 0.263. The normalized spacial score (nSPS) is 16.7. The van der Waals surface area contributed by atoms with Gasteiger partial charge in [-0.05, 0) is 35.9 Å². The number of halogens is 2. The first-order valence-corrected chi connectivity index (χ1v) is 8.88. The first kappa shape index (κ1) is 18.5. The maximum atomic E-state index is 12.5. The van der Waals surface area contributed by atoms with Crippen LogP contribution < -0.4 is 10.1 Å². The SMILES string of the molecule is COc1ccc(CN2CC(C(=O)Nc3cc(Cl)cc(Cl)c3)CC2=O)cc1. The van der Waals surface area contributed by atoms with Crippen molar-refractivity contribution in [3.8, 4) is 5.75 Å². The van der Waals surface area contributed by atoms with Crippen LogP contribution in [0, 0.1) is 5.92 Å². The van der Waals surface area contributed by atoms with E-state index in [0.717, 1.165) is 11.3 Å². The Morgan fingerprint density at radius 2 is 1.85 bits per heavy atom. The zero-order valence-corrected chi connectivity index (χ0v) is 15.7. The molecule has 0 saturated carbocycles. The lowest BCUT2D eigenvalue weighted by Gasteiger charge is -2.17. The molecule has 0 radical (unpaired) electrons. The zero-order chi connectivity index (χ0) is 18.7. The van der Waals surface area contributed by atoms with Crippen LogP contribution in [0.15, 0.2) is 42.5 Å². The van der Waals surface area contributed by atoms with Crippen LogP contribution in [0.3, 0.4) is 0 Å². The number of nitrogens with one attached hydrogen (secondary N) is 1. The van der Waals surface area contributed by atoms with Gasteiger partial charge in [-0.15, -0.1) is 0 Å². The molecule has 136 valence electrons. The second kappa shape index (κ2) is 7.98. The van der Waals surface area contributed by atoms with Gasteiger partial charge >= 0.3 is 0 Å². The van der Waals surface area contributed by atoms with Gasteiger partial charge in [-0.1, -0.05) is 35.3 Å². The molecule has 1 unspecified atom stereocenters. The summed E-state index contributed by atoms with van der Waals surface area (Å²) in [7, 11) is 1.61. The molecule has 3 rings (SSSR count). The predicted octanol–water partition coefficient (Wildman–Crippen LogP) is 3.99. The van der Waals surface area contributed by atoms with Gasteiger partial charge in [0.25, 0.3) is 0 Å². The number of likely N-dealkylation sites (tertiary alicyclic amines) is 1. The Bertz CT molecular complexity index is 804. The van der Waals surface area contributed by atoms with Gasteiger partial charge in [0, 0.05) is 35.2 Å². The monoisotopic (exact) mass is 392 g/mol. The van der Waals surface area contributed by atoms with Gasteiger partial charge in [0.2, 0.25) is 11.8 Å². The predicted molar refractivity (Wildman–Crippen MR) is 102 cm³/mol. The molecule has 0 aromatic heterocycles. The minimum absolute atomic E-state index is 0.0369. The van der Waals surface area contributed by atoms with Gasteiger partial charge in [-0.3, -0.25) is 9.59 Å². The summed E-state index contributed by atoms with van der Waals surface area (Å²) in [6, 6.07) is 12.4. The van der Waals surface area contributed by atoms with Crippen LogP contribution in [0.4, 0.5) is 5.69 Å². The van der Waals surface area contributed by atoms with E-state index in [2.05, 4.69) is 5.32 Å². The number of carbonyl (C=O) groups is 2. The zero-order valence-electron chi connectivity index (χ0n) is 14.2. The molecule has 0 aliphatic carbocycles. The Hall–Kier alpha value is -2.24. The Kier molecular flexibility index (Phi) is 5.69. The Morgan fingerprint density at radius 1 is 1.19 bits per heavy atom. The molecule has 1 heterocycles. The molecule has 1 aliphatic heterocycles. The van der Waals surface area contributed by atoms with E-state index in [4.69, 9.17) is 27.9 Å². The van der Waals surface area contributed by atoms with E-state index in [0.29, 0.717) is 28.8 Å². The van der Waals surface area contributed by atoms with E-state index < -0.39 is 5.92 Å². The molecular weight excluding hydrogens is 375 g/mol. The number of methoxy groups -OCH3 is 1. The van der Waals surface area contributed by atoms with Crippen LogP contribution in [-0.2, 0) is 16.1 Å². The lowest BCUT2D eigenvalue weighted by atomic mass is 10.1. The number of rotatable bonds is 5. The van der Waals surface area contributed by atoms with Crippen molar-refractivity contribution >= 4 is 40.7 Å². The standard InChI is InChI=1S/C19H18Cl2N2O3/c1-26-17-4-2-12(3-5-17)10-23-11-13(6-18(23)24)19(25)22-16-8-14(20)7-15(21)9-16/h2-5,7-9,13H,6,10-11H2,1H3,(H,22,25). The average Bonchev–Trinajstić information content (AvgIpc) is 2.95. The maximum absolute atomic E-state index is 12.5. The van der Waals surface area contributed by atoms with Crippen molar-refractivity contribution in [2.24, 2.45) is 5.92 Å². The molecule has 1 fully saturated rings. The molecule has 2 aromatic carbocycles. The van der Waals surface area contributed by atoms with Crippen molar-refractivity contribution in [2.75, 3.05) is 19.0 Å². The van der Waals surface area contributed by atoms with Crippen LogP contribution in [-0.4, -0.2) is 30.4 Å². The van der Waals surface area contributed by atoms with E-state index >= 15 is 0 Å². The average molecular weight is 393 g/mol. The summed E-state index contributed by atoms with van der Waals surface area (Å²) in [6.45, 7) is 0.848. The van der Waals surface area contributed by atoms with Crippen molar-refractivity contribution in [3.05, 3.63) is 58.1 Å². The number of benzene rings is 2. The topological polar surface area (TPSA) is 58.6 Å². The van der Waals surface area contributed by atoms with Gasteiger partial charge in [-0.2, -0.15) is 0 Å². The van der Waals surface area contributed by atoms with Gasteiger partial charge in [-0.25, -0.2) is 0 Å². The molecule has 2 aromatic rings. The molecule has 0 spiro atoms. The molecule has 1 atom stereocenters. The molecule has 7 heteroatoms. The summed E-state index contributed by atoms with van der Waals surface area (Å²) in [5.41, 5.74) is 1.51. The third-order valence-electron chi connectivity index (χ3n) is 4.25. The molecule has 1 N–H and O–H groups in total. The van der Waals surface area contributed by atoms with Gasteiger partial charge < -0.3 is 15.0 Å². The fourth-order valence-corrected chi connectivity index (χ4v) is 3.45. The van der Waals surface area contributed by atoms with Crippen LogP contribution >= 0.6 is 23.2 Å². The van der Waals surface area contributed by atoms with Gasteiger partial charge in [0.1, 0.15) is 5.75 Å². The summed E-state index contributed by atoms with van der Waals surface area (Å²) < 4.78 is 5.13. The highest BCUT2D eigenvalue weighted by atomic mass is 35.5. The van der Waals surface area contributed by atoms with E-state index in [1.807, 2.05) is 24.3 Å². The molecule has 1 aliphatic rings. The quantitative estimate of drug-likeness (QED) is 0.836. The Morgan fingerprint density at radius 3 is 2.46 bits per heavy atom. The van der Waals surface area contributed by atoms with Crippen molar-refractivity contribution in [2.45, 2.75) is 13.0 Å². The minimum atomic E-state index is -0.404. The molecule has 2 amide bonds. The molecule has 5 nitrogen and oxygen atoms in total. The number of hydrogen-bond acceptors (Lipinski definition) is 3. The van der Waals surface area contributed by atoms with Gasteiger partial charge in [0.05, 0.1) is 13.0 Å². The number of carbonyl (C=O) groups excluding carboxylic acids is 2. The van der Waals surface area contributed by atoms with Crippen LogP contribution in [0.1, 0.15) is 12.0 Å². The Balaban J connectivity index is 1.61. The molecule has 1 saturated heterocycles. The van der Waals surface area contributed by atoms with E-state index in [1.165, 1.54) is 0 Å². The number of amides is 2. The summed E-state index contributed by atoms with van der Waals surface area (Å²) in [5.74, 6) is 0.108. The smallest absolute Gasteiger partial charge is 0.229 e. The summed E-state index contributed by atoms with van der Waals surface area (Å²) in [5, 5.41) is 3.66. The molecule has 0 bridgehead atoms. The van der Waals surface area contributed by atoms with Crippen LogP contribution in [0.25, 0.3) is 0 Å². The number of anilines is 1. The van der Waals surface area contributed by atoms with E-state index in [1.54, 1.807) is 30.2 Å². The van der Waals surface area contributed by atoms with Crippen molar-refractivity contribution in [1.82, 2.24) is 4.90 Å². The number of nitrogens with zero attached hydrogens (tertiary/aromatic N) is 1. The second-order valence-electron chi connectivity index (χ2n) is 6.17. The van der Waals surface area contributed by atoms with Gasteiger partial charge in [0.15, 0.2) is 0 Å². The van der Waals surface area contributed by atoms with E-state index in [-0.39, 0.29) is 18.2 Å². The van der Waals surface area contributed by atoms with Crippen LogP contribution in [0.2, 0.25) is 10.0 Å². The summed E-state index contributed by atoms with van der Waals surface area (Å²) in [4.78, 5) is 26.4. The Labute approximate surface area is 161 Å². The maximum Gasteiger partial charge on any atom is 0.229 e. The molecule has 26 heavy (non-hydrogen) atoms. The number of hydrogen-bond donors (Lipinski definition) is 1. The fourth-order valence-electron chi connectivity index (χ4n) is 2.92. The lowest BCUT2D eigenvalue weighted by Crippen LogP contribution is -2.28. The minimum Gasteiger partial charge on any atom is -0.497 e. The van der Waals surface area contributed by atoms with Crippen molar-refractivity contribution in [3.63, 3.8) is 0 Å². The highest BCUT2D eigenvalue weighted by Crippen LogP contribution is 2.25. The molecular formula is C19H18Cl2N2O3. The van der Waals surface area contributed by atoms with Crippen LogP contribution in [0.5, 0.6) is 5.75 Å². The summed E-state index contributed by atoms with van der Waals surface area (Å²) >= 11 is 11.9. The van der Waals surface area contributed by atoms with E-state index in [9.17, 15) is 9.59 Å². The largest absolute Gasteiger partial charge is 0.497 e. The number of ether oxygens (including phenoxy) is 1. The lowest BCUT2D eigenvalue weighted by molar-refractivity contribution is -0.128. The van der Waals surface area contributed by atoms with Crippen molar-refractivity contribution in [1.29, 1.82) is 0 Å². The first-order valence-electron chi connectivity index (χ1n) is 8.12. The third-order valence-corrected chi connectivity index (χ3v) is 4.68. The summed E-state index contributed by atoms with van der Waals surface area (Å²) in [6.07, 6.45) is 0.191. The first-order chi connectivity index (χ1) is 12.4. The van der Waals surface area contributed by atoms with Crippen molar-refractivity contribution < 1.29 is 14.3 Å². The highest BCUT2D eigenvalue weighted by molar-refractivity contribution is 6.35. The second-order valence-corrected chi connectivity index (χ2v) is 7.04. The highest BCUT2D eigenvalue weighted by Gasteiger charge is 2.34. The third kappa shape index (κ3) is 4.48.